The molecule has 1 amide bonds. The van der Waals surface area contributed by atoms with Gasteiger partial charge < -0.3 is 15.2 Å². The monoisotopic (exact) mass is 342 g/mol. The molecule has 0 saturated heterocycles. The Morgan fingerprint density at radius 1 is 1.16 bits per heavy atom. The van der Waals surface area contributed by atoms with Gasteiger partial charge in [0.05, 0.1) is 6.10 Å². The van der Waals surface area contributed by atoms with E-state index < -0.39 is 17.3 Å². The number of carboxylic acids is 1. The van der Waals surface area contributed by atoms with Gasteiger partial charge in [-0.05, 0) is 32.4 Å². The second-order valence-corrected chi connectivity index (χ2v) is 6.21. The molecule has 0 aliphatic rings. The van der Waals surface area contributed by atoms with Gasteiger partial charge in [-0.1, -0.05) is 36.4 Å². The molecule has 1 aromatic heterocycles. The van der Waals surface area contributed by atoms with Crippen LogP contribution in [0.25, 0.3) is 0 Å². The summed E-state index contributed by atoms with van der Waals surface area (Å²) in [6, 6.07) is 13.7. The molecule has 6 nitrogen and oxygen atoms in total. The number of hydrogen-bond donors (Lipinski definition) is 2. The third-order valence-corrected chi connectivity index (χ3v) is 3.80. The molecular formula is C19H22N2O4. The SMILES string of the molecule is CC(C)Oc1cccc(C(=O)NCC(C)(C(=O)O)c2ccccc2)n1. The van der Waals surface area contributed by atoms with Crippen molar-refractivity contribution >= 4 is 11.9 Å². The van der Waals surface area contributed by atoms with Crippen LogP contribution in [0.4, 0.5) is 0 Å². The molecule has 1 heterocycles. The lowest BCUT2D eigenvalue weighted by Crippen LogP contribution is -2.44. The van der Waals surface area contributed by atoms with Crippen molar-refractivity contribution < 1.29 is 19.4 Å². The zero-order chi connectivity index (χ0) is 18.4. The Morgan fingerprint density at radius 3 is 2.44 bits per heavy atom. The Bertz CT molecular complexity index is 746. The fourth-order valence-electron chi connectivity index (χ4n) is 2.30. The summed E-state index contributed by atoms with van der Waals surface area (Å²) in [5.41, 5.74) is -0.435. The van der Waals surface area contributed by atoms with Gasteiger partial charge >= 0.3 is 5.97 Å². The number of carboxylic acid groups (broad SMARTS) is 1. The highest BCUT2D eigenvalue weighted by Crippen LogP contribution is 2.23. The maximum Gasteiger partial charge on any atom is 0.315 e. The summed E-state index contributed by atoms with van der Waals surface area (Å²) < 4.78 is 5.47. The van der Waals surface area contributed by atoms with Gasteiger partial charge in [0.2, 0.25) is 5.88 Å². The van der Waals surface area contributed by atoms with E-state index in [1.54, 1.807) is 49.4 Å². The predicted molar refractivity (Wildman–Crippen MR) is 93.8 cm³/mol. The van der Waals surface area contributed by atoms with Gasteiger partial charge in [-0.3, -0.25) is 9.59 Å². The van der Waals surface area contributed by atoms with Crippen LogP contribution in [-0.2, 0) is 10.2 Å². The van der Waals surface area contributed by atoms with Crippen LogP contribution < -0.4 is 10.1 Å². The lowest BCUT2D eigenvalue weighted by Gasteiger charge is -2.25. The Kier molecular flexibility index (Phi) is 5.75. The first-order valence-corrected chi connectivity index (χ1v) is 8.04. The Hall–Kier alpha value is -2.89. The minimum absolute atomic E-state index is 0.0534. The molecule has 2 N–H and O–H groups in total. The zero-order valence-corrected chi connectivity index (χ0v) is 14.5. The number of carbonyl (C=O) groups is 2. The summed E-state index contributed by atoms with van der Waals surface area (Å²) in [5, 5.41) is 12.3. The highest BCUT2D eigenvalue weighted by atomic mass is 16.5. The third kappa shape index (κ3) is 4.56. The van der Waals surface area contributed by atoms with E-state index >= 15 is 0 Å². The molecular weight excluding hydrogens is 320 g/mol. The van der Waals surface area contributed by atoms with Gasteiger partial charge in [-0.15, -0.1) is 0 Å². The van der Waals surface area contributed by atoms with Crippen LogP contribution >= 0.6 is 0 Å². The molecule has 0 saturated carbocycles. The van der Waals surface area contributed by atoms with Crippen molar-refractivity contribution in [2.45, 2.75) is 32.3 Å². The maximum atomic E-state index is 12.4. The van der Waals surface area contributed by atoms with Crippen LogP contribution in [0.15, 0.2) is 48.5 Å². The number of pyridine rings is 1. The molecule has 132 valence electrons. The van der Waals surface area contributed by atoms with E-state index in [4.69, 9.17) is 4.74 Å². The summed E-state index contributed by atoms with van der Waals surface area (Å²) in [6.45, 7) is 5.26. The average Bonchev–Trinajstić information content (AvgIpc) is 2.59. The van der Waals surface area contributed by atoms with Gasteiger partial charge in [-0.25, -0.2) is 4.98 Å². The van der Waals surface area contributed by atoms with Crippen LogP contribution in [-0.4, -0.2) is 34.6 Å². The lowest BCUT2D eigenvalue weighted by atomic mass is 9.82. The number of carbonyl (C=O) groups excluding carboxylic acids is 1. The van der Waals surface area contributed by atoms with Crippen molar-refractivity contribution in [3.63, 3.8) is 0 Å². The number of nitrogens with one attached hydrogen (secondary N) is 1. The van der Waals surface area contributed by atoms with Crippen LogP contribution in [0.2, 0.25) is 0 Å². The van der Waals surface area contributed by atoms with Crippen LogP contribution in [0, 0.1) is 0 Å². The van der Waals surface area contributed by atoms with E-state index in [-0.39, 0.29) is 18.3 Å². The number of rotatable bonds is 7. The summed E-state index contributed by atoms with van der Waals surface area (Å²) in [7, 11) is 0. The first-order chi connectivity index (χ1) is 11.8. The van der Waals surface area contributed by atoms with Crippen molar-refractivity contribution in [3.8, 4) is 5.88 Å². The van der Waals surface area contributed by atoms with Crippen LogP contribution in [0.1, 0.15) is 36.8 Å². The normalized spacial score (nSPS) is 13.1. The first-order valence-electron chi connectivity index (χ1n) is 8.04. The Labute approximate surface area is 146 Å². The van der Waals surface area contributed by atoms with Crippen molar-refractivity contribution in [3.05, 3.63) is 59.8 Å². The Balaban J connectivity index is 2.13. The van der Waals surface area contributed by atoms with E-state index in [0.29, 0.717) is 11.4 Å². The number of aromatic nitrogens is 1. The lowest BCUT2D eigenvalue weighted by molar-refractivity contribution is -0.142. The molecule has 6 heteroatoms. The topological polar surface area (TPSA) is 88.5 Å². The first kappa shape index (κ1) is 18.4. The van der Waals surface area contributed by atoms with E-state index in [1.165, 1.54) is 0 Å². The molecule has 0 aliphatic heterocycles. The molecule has 0 spiro atoms. The summed E-state index contributed by atoms with van der Waals surface area (Å²) in [5.74, 6) is -1.10. The fourth-order valence-corrected chi connectivity index (χ4v) is 2.30. The number of aliphatic carboxylic acids is 1. The number of benzene rings is 1. The minimum Gasteiger partial charge on any atom is -0.481 e. The summed E-state index contributed by atoms with van der Waals surface area (Å²) >= 11 is 0. The van der Waals surface area contributed by atoms with E-state index in [9.17, 15) is 14.7 Å². The second kappa shape index (κ2) is 7.79. The minimum atomic E-state index is -1.23. The predicted octanol–water partition coefficient (Wildman–Crippen LogP) is 2.64. The molecule has 1 aromatic carbocycles. The highest BCUT2D eigenvalue weighted by molar-refractivity contribution is 5.93. The third-order valence-electron chi connectivity index (χ3n) is 3.80. The average molecular weight is 342 g/mol. The van der Waals surface area contributed by atoms with Gasteiger partial charge in [0.15, 0.2) is 0 Å². The zero-order valence-electron chi connectivity index (χ0n) is 14.5. The van der Waals surface area contributed by atoms with Gasteiger partial charge in [-0.2, -0.15) is 0 Å². The summed E-state index contributed by atoms with van der Waals surface area (Å²) in [6.07, 6.45) is -0.0563. The van der Waals surface area contributed by atoms with Gasteiger partial charge in [0.25, 0.3) is 5.91 Å². The smallest absolute Gasteiger partial charge is 0.315 e. The molecule has 1 unspecified atom stereocenters. The van der Waals surface area contributed by atoms with Crippen LogP contribution in [0.5, 0.6) is 5.88 Å². The van der Waals surface area contributed by atoms with E-state index in [1.807, 2.05) is 19.9 Å². The Morgan fingerprint density at radius 2 is 1.84 bits per heavy atom. The molecule has 2 aromatic rings. The molecule has 0 fully saturated rings. The number of amides is 1. The van der Waals surface area contributed by atoms with E-state index in [2.05, 4.69) is 10.3 Å². The van der Waals surface area contributed by atoms with Crippen LogP contribution in [0.3, 0.4) is 0 Å². The summed E-state index contributed by atoms with van der Waals surface area (Å²) in [4.78, 5) is 28.3. The molecule has 2 rings (SSSR count). The second-order valence-electron chi connectivity index (χ2n) is 6.21. The largest absolute Gasteiger partial charge is 0.481 e. The van der Waals surface area contributed by atoms with Crippen molar-refractivity contribution in [2.24, 2.45) is 0 Å². The van der Waals surface area contributed by atoms with E-state index in [0.717, 1.165) is 0 Å². The molecule has 0 bridgehead atoms. The van der Waals surface area contributed by atoms with Crippen molar-refractivity contribution in [2.75, 3.05) is 6.54 Å². The molecule has 25 heavy (non-hydrogen) atoms. The highest BCUT2D eigenvalue weighted by Gasteiger charge is 2.35. The molecule has 0 radical (unpaired) electrons. The molecule has 1 atom stereocenters. The number of ether oxygens (including phenoxy) is 1. The van der Waals surface area contributed by atoms with Crippen molar-refractivity contribution in [1.82, 2.24) is 10.3 Å². The maximum absolute atomic E-state index is 12.4. The quantitative estimate of drug-likeness (QED) is 0.807. The number of hydrogen-bond acceptors (Lipinski definition) is 4. The van der Waals surface area contributed by atoms with Gasteiger partial charge in [0.1, 0.15) is 11.1 Å². The fraction of sp³-hybridized carbons (Fsp3) is 0.316. The molecule has 0 aliphatic carbocycles. The van der Waals surface area contributed by atoms with Gasteiger partial charge in [0, 0.05) is 12.6 Å². The number of nitrogens with zero attached hydrogens (tertiary/aromatic N) is 1. The van der Waals surface area contributed by atoms with Crippen molar-refractivity contribution in [1.29, 1.82) is 0 Å². The standard InChI is InChI=1S/C19H22N2O4/c1-13(2)25-16-11-7-10-15(21-16)17(22)20-12-19(3,18(23)24)14-8-5-4-6-9-14/h4-11,13H,12H2,1-3H3,(H,20,22)(H,23,24).